The second-order valence-electron chi connectivity index (χ2n) is 3.38. The summed E-state index contributed by atoms with van der Waals surface area (Å²) in [6.07, 6.45) is -12.2. The van der Waals surface area contributed by atoms with Gasteiger partial charge in [-0.3, -0.25) is 4.79 Å². The van der Waals surface area contributed by atoms with E-state index in [0.29, 0.717) is 0 Å². The number of hydrogen-bond acceptors (Lipinski definition) is 2. The number of hydrogen-bond donors (Lipinski definition) is 0. The Morgan fingerprint density at radius 1 is 0.714 bits per heavy atom. The lowest BCUT2D eigenvalue weighted by atomic mass is 9.98. The summed E-state index contributed by atoms with van der Waals surface area (Å²) >= 11 is 0. The van der Waals surface area contributed by atoms with Crippen molar-refractivity contribution in [2.24, 2.45) is 0 Å². The molecule has 0 saturated carbocycles. The molecule has 0 aliphatic heterocycles. The van der Waals surface area contributed by atoms with Crippen molar-refractivity contribution in [3.63, 3.8) is 0 Å². The molecule has 0 heterocycles. The van der Waals surface area contributed by atoms with E-state index in [1.165, 1.54) is 0 Å². The van der Waals surface area contributed by atoms with Crippen LogP contribution in [0.5, 0.6) is 0 Å². The zero-order chi connectivity index (χ0) is 17.5. The Morgan fingerprint density at radius 2 is 1.10 bits per heavy atom. The van der Waals surface area contributed by atoms with Crippen LogP contribution in [0.4, 0.5) is 52.7 Å². The van der Waals surface area contributed by atoms with Gasteiger partial charge < -0.3 is 4.74 Å². The summed E-state index contributed by atoms with van der Waals surface area (Å²) in [7, 11) is 0. The number of ether oxygens (including phenoxy) is 1. The van der Waals surface area contributed by atoms with Crippen molar-refractivity contribution in [3.8, 4) is 0 Å². The standard InChI is InChI=1S/C7H2F12O2/c8-2(9)3(10,11)4(12,13)5(14,15)6(16,17)7(18,19)21-1-20/h1-2H. The third-order valence-electron chi connectivity index (χ3n) is 2.04. The molecule has 0 bridgehead atoms. The average molecular weight is 346 g/mol. The van der Waals surface area contributed by atoms with Crippen LogP contribution in [-0.4, -0.2) is 42.7 Å². The van der Waals surface area contributed by atoms with Gasteiger partial charge in [0, 0.05) is 0 Å². The summed E-state index contributed by atoms with van der Waals surface area (Å²) in [6.45, 7) is -1.56. The molecule has 126 valence electrons. The molecular formula is C7H2F12O2. The quantitative estimate of drug-likeness (QED) is 0.521. The van der Waals surface area contributed by atoms with Gasteiger partial charge in [0.05, 0.1) is 0 Å². The zero-order valence-corrected chi connectivity index (χ0v) is 9.01. The lowest BCUT2D eigenvalue weighted by Gasteiger charge is -2.37. The van der Waals surface area contributed by atoms with Gasteiger partial charge in [-0.25, -0.2) is 8.78 Å². The molecule has 0 amide bonds. The van der Waals surface area contributed by atoms with Gasteiger partial charge in [0.15, 0.2) is 0 Å². The summed E-state index contributed by atoms with van der Waals surface area (Å²) in [5, 5.41) is 0. The molecule has 0 aliphatic carbocycles. The molecule has 0 atom stereocenters. The van der Waals surface area contributed by atoms with Gasteiger partial charge in [-0.2, -0.15) is 43.9 Å². The number of rotatable bonds is 7. The number of carbonyl (C=O) groups is 1. The van der Waals surface area contributed by atoms with Crippen molar-refractivity contribution in [2.75, 3.05) is 0 Å². The largest absolute Gasteiger partial charge is 0.473 e. The molecule has 0 aliphatic rings. The van der Waals surface area contributed by atoms with Crippen molar-refractivity contribution in [1.29, 1.82) is 0 Å². The molecule has 0 fully saturated rings. The van der Waals surface area contributed by atoms with Crippen molar-refractivity contribution in [1.82, 2.24) is 0 Å². The predicted octanol–water partition coefficient (Wildman–Crippen LogP) is 3.56. The van der Waals surface area contributed by atoms with Gasteiger partial charge in [-0.05, 0) is 0 Å². The Bertz CT molecular complexity index is 389. The lowest BCUT2D eigenvalue weighted by molar-refractivity contribution is -0.442. The second-order valence-corrected chi connectivity index (χ2v) is 3.38. The van der Waals surface area contributed by atoms with E-state index in [4.69, 9.17) is 0 Å². The van der Waals surface area contributed by atoms with E-state index >= 15 is 0 Å². The van der Waals surface area contributed by atoms with Gasteiger partial charge in [-0.15, -0.1) is 0 Å². The van der Waals surface area contributed by atoms with Crippen LogP contribution in [0, 0.1) is 0 Å². The highest BCUT2D eigenvalue weighted by Gasteiger charge is 2.89. The molecule has 0 radical (unpaired) electrons. The van der Waals surface area contributed by atoms with Crippen LogP contribution < -0.4 is 0 Å². The van der Waals surface area contributed by atoms with E-state index in [1.54, 1.807) is 0 Å². The van der Waals surface area contributed by atoms with E-state index in [-0.39, 0.29) is 0 Å². The Morgan fingerprint density at radius 3 is 1.38 bits per heavy atom. The maximum absolute atomic E-state index is 12.7. The first-order valence-electron chi connectivity index (χ1n) is 4.29. The normalized spacial score (nSPS) is 15.3. The van der Waals surface area contributed by atoms with Gasteiger partial charge in [0.25, 0.3) is 6.47 Å². The minimum Gasteiger partial charge on any atom is -0.398 e. The number of halogens is 12. The third kappa shape index (κ3) is 2.59. The van der Waals surface area contributed by atoms with E-state index in [0.717, 1.165) is 0 Å². The highest BCUT2D eigenvalue weighted by atomic mass is 19.4. The molecule has 21 heavy (non-hydrogen) atoms. The lowest BCUT2D eigenvalue weighted by Crippen LogP contribution is -2.69. The van der Waals surface area contributed by atoms with E-state index in [1.807, 2.05) is 0 Å². The summed E-state index contributed by atoms with van der Waals surface area (Å²) in [5.74, 6) is -29.8. The van der Waals surface area contributed by atoms with Crippen molar-refractivity contribution >= 4 is 6.47 Å². The van der Waals surface area contributed by atoms with Crippen LogP contribution in [0.15, 0.2) is 0 Å². The van der Waals surface area contributed by atoms with Crippen molar-refractivity contribution in [2.45, 2.75) is 36.2 Å². The predicted molar refractivity (Wildman–Crippen MR) is 37.9 cm³/mol. The highest BCUT2D eigenvalue weighted by molar-refractivity contribution is 5.38. The van der Waals surface area contributed by atoms with Crippen LogP contribution in [0.3, 0.4) is 0 Å². The van der Waals surface area contributed by atoms with E-state index in [9.17, 15) is 57.5 Å². The minimum atomic E-state index is -7.69. The highest BCUT2D eigenvalue weighted by Crippen LogP contribution is 2.58. The van der Waals surface area contributed by atoms with Crippen molar-refractivity contribution in [3.05, 3.63) is 0 Å². The fourth-order valence-corrected chi connectivity index (χ4v) is 0.861. The van der Waals surface area contributed by atoms with Gasteiger partial charge in [-0.1, -0.05) is 0 Å². The smallest absolute Gasteiger partial charge is 0.398 e. The molecule has 14 heteroatoms. The number of alkyl halides is 12. The topological polar surface area (TPSA) is 26.3 Å². The zero-order valence-electron chi connectivity index (χ0n) is 9.01. The maximum atomic E-state index is 12.7. The molecule has 0 rings (SSSR count). The SMILES string of the molecule is O=COC(F)(F)C(F)(F)C(F)(F)C(F)(F)C(F)(F)C(F)F. The Balaban J connectivity index is 6.01. The van der Waals surface area contributed by atoms with Gasteiger partial charge in [0.2, 0.25) is 0 Å². The van der Waals surface area contributed by atoms with Crippen LogP contribution in [0.2, 0.25) is 0 Å². The average Bonchev–Trinajstić information content (AvgIpc) is 2.27. The monoisotopic (exact) mass is 346 g/mol. The molecule has 0 spiro atoms. The molecular weight excluding hydrogens is 344 g/mol. The molecule has 0 unspecified atom stereocenters. The van der Waals surface area contributed by atoms with Gasteiger partial charge >= 0.3 is 36.2 Å². The third-order valence-corrected chi connectivity index (χ3v) is 2.04. The van der Waals surface area contributed by atoms with Crippen molar-refractivity contribution < 1.29 is 62.2 Å². The molecule has 0 aromatic heterocycles. The fourth-order valence-electron chi connectivity index (χ4n) is 0.861. The summed E-state index contributed by atoms with van der Waals surface area (Å²) in [6, 6.07) is 0. The van der Waals surface area contributed by atoms with Crippen LogP contribution in [-0.2, 0) is 9.53 Å². The Labute approximate surface area is 106 Å². The van der Waals surface area contributed by atoms with Crippen LogP contribution >= 0.6 is 0 Å². The van der Waals surface area contributed by atoms with Gasteiger partial charge in [0.1, 0.15) is 0 Å². The second kappa shape index (κ2) is 5.12. The van der Waals surface area contributed by atoms with Crippen LogP contribution in [0.1, 0.15) is 0 Å². The maximum Gasteiger partial charge on any atom is 0.473 e. The number of carbonyl (C=O) groups excluding carboxylic acids is 1. The molecule has 0 aromatic carbocycles. The molecule has 0 saturated heterocycles. The molecule has 0 aromatic rings. The first-order chi connectivity index (χ1) is 9.00. The molecule has 0 N–H and O–H groups in total. The first-order valence-corrected chi connectivity index (χ1v) is 4.29. The molecule has 2 nitrogen and oxygen atoms in total. The summed E-state index contributed by atoms with van der Waals surface area (Å²) in [5.41, 5.74) is 0. The first kappa shape index (κ1) is 19.6. The van der Waals surface area contributed by atoms with E-state index in [2.05, 4.69) is 4.74 Å². The Hall–Kier alpha value is -1.37. The minimum absolute atomic E-state index is 1.56. The van der Waals surface area contributed by atoms with E-state index < -0.39 is 42.7 Å². The summed E-state index contributed by atoms with van der Waals surface area (Å²) in [4.78, 5) is 9.41. The Kier molecular flexibility index (Phi) is 4.79. The fraction of sp³-hybridized carbons (Fsp3) is 0.857. The van der Waals surface area contributed by atoms with Crippen LogP contribution in [0.25, 0.3) is 0 Å². The summed E-state index contributed by atoms with van der Waals surface area (Å²) < 4.78 is 150.